The van der Waals surface area contributed by atoms with Crippen LogP contribution < -0.4 is 10.6 Å². The highest BCUT2D eigenvalue weighted by Gasteiger charge is 2.07. The molecule has 20 heavy (non-hydrogen) atoms. The minimum atomic E-state index is 0.115. The predicted molar refractivity (Wildman–Crippen MR) is 88.9 cm³/mol. The van der Waals surface area contributed by atoms with Crippen LogP contribution in [0.5, 0.6) is 0 Å². The molecule has 0 spiro atoms. The average molecular weight is 305 g/mol. The molecule has 104 valence electrons. The van der Waals surface area contributed by atoms with E-state index in [1.807, 2.05) is 42.5 Å². The molecule has 0 saturated carbocycles. The fourth-order valence-electron chi connectivity index (χ4n) is 1.89. The monoisotopic (exact) mass is 304 g/mol. The molecule has 0 fully saturated rings. The summed E-state index contributed by atoms with van der Waals surface area (Å²) in [6.45, 7) is 2.77. The van der Waals surface area contributed by atoms with E-state index in [0.29, 0.717) is 5.11 Å². The molecule has 0 heterocycles. The van der Waals surface area contributed by atoms with E-state index in [-0.39, 0.29) is 6.04 Å². The maximum Gasteiger partial charge on any atom is 0.167 e. The van der Waals surface area contributed by atoms with Gasteiger partial charge in [0.15, 0.2) is 5.11 Å². The molecule has 2 aromatic rings. The van der Waals surface area contributed by atoms with Crippen LogP contribution in [0.3, 0.4) is 0 Å². The average Bonchev–Trinajstić information content (AvgIpc) is 2.46. The zero-order valence-corrected chi connectivity index (χ0v) is 12.8. The number of nitrogens with one attached hydrogen (secondary N) is 2. The summed E-state index contributed by atoms with van der Waals surface area (Å²) in [5, 5.41) is 7.83. The number of rotatable bonds is 4. The molecule has 4 heteroatoms. The van der Waals surface area contributed by atoms with Gasteiger partial charge in [0.05, 0.1) is 6.04 Å². The highest BCUT2D eigenvalue weighted by atomic mass is 35.5. The van der Waals surface area contributed by atoms with E-state index in [4.69, 9.17) is 23.8 Å². The van der Waals surface area contributed by atoms with Gasteiger partial charge in [-0.2, -0.15) is 0 Å². The molecule has 0 amide bonds. The van der Waals surface area contributed by atoms with Crippen molar-refractivity contribution in [1.82, 2.24) is 10.6 Å². The van der Waals surface area contributed by atoms with Crippen LogP contribution in [-0.2, 0) is 6.54 Å². The molecule has 1 atom stereocenters. The van der Waals surface area contributed by atoms with Crippen molar-refractivity contribution in [3.05, 3.63) is 70.7 Å². The summed E-state index contributed by atoms with van der Waals surface area (Å²) in [7, 11) is 0. The predicted octanol–water partition coefficient (Wildman–Crippen LogP) is 4.07. The zero-order chi connectivity index (χ0) is 14.4. The third kappa shape index (κ3) is 4.51. The lowest BCUT2D eigenvalue weighted by molar-refractivity contribution is 0.698. The summed E-state index contributed by atoms with van der Waals surface area (Å²) in [6, 6.07) is 18.1. The first-order valence-corrected chi connectivity index (χ1v) is 7.27. The molecule has 2 N–H and O–H groups in total. The number of thiocarbonyl (C=S) groups is 1. The number of benzene rings is 2. The Morgan fingerprint density at radius 3 is 2.60 bits per heavy atom. The fourth-order valence-corrected chi connectivity index (χ4v) is 2.33. The Hall–Kier alpha value is -1.58. The molecule has 0 saturated heterocycles. The first kappa shape index (κ1) is 14.8. The van der Waals surface area contributed by atoms with Gasteiger partial charge in [0.1, 0.15) is 0 Å². The van der Waals surface area contributed by atoms with Crippen molar-refractivity contribution in [3.8, 4) is 0 Å². The van der Waals surface area contributed by atoms with Gasteiger partial charge in [-0.25, -0.2) is 0 Å². The largest absolute Gasteiger partial charge is 0.359 e. The lowest BCUT2D eigenvalue weighted by Crippen LogP contribution is -2.36. The van der Waals surface area contributed by atoms with Crippen LogP contribution in [0.1, 0.15) is 24.1 Å². The second-order valence-electron chi connectivity index (χ2n) is 4.59. The van der Waals surface area contributed by atoms with Crippen LogP contribution in [0.25, 0.3) is 0 Å². The summed E-state index contributed by atoms with van der Waals surface area (Å²) in [5.74, 6) is 0. The Morgan fingerprint density at radius 1 is 1.15 bits per heavy atom. The summed E-state index contributed by atoms with van der Waals surface area (Å²) in [4.78, 5) is 0. The van der Waals surface area contributed by atoms with E-state index in [0.717, 1.165) is 17.1 Å². The minimum Gasteiger partial charge on any atom is -0.359 e. The summed E-state index contributed by atoms with van der Waals surface area (Å²) >= 11 is 11.3. The summed E-state index contributed by atoms with van der Waals surface area (Å²) in [5.41, 5.74) is 2.31. The SMILES string of the molecule is C[C@H](NC(=S)NCc1ccccc1)c1cccc(Cl)c1. The molecule has 0 aliphatic rings. The van der Waals surface area contributed by atoms with Crippen LogP contribution in [0, 0.1) is 0 Å². The highest BCUT2D eigenvalue weighted by Crippen LogP contribution is 2.17. The van der Waals surface area contributed by atoms with Gasteiger partial charge >= 0.3 is 0 Å². The minimum absolute atomic E-state index is 0.115. The third-order valence-electron chi connectivity index (χ3n) is 2.99. The lowest BCUT2D eigenvalue weighted by atomic mass is 10.1. The Bertz CT molecular complexity index is 572. The number of hydrogen-bond donors (Lipinski definition) is 2. The molecule has 0 radical (unpaired) electrons. The number of halogens is 1. The van der Waals surface area contributed by atoms with Gasteiger partial charge in [-0.05, 0) is 42.4 Å². The van der Waals surface area contributed by atoms with E-state index in [9.17, 15) is 0 Å². The smallest absolute Gasteiger partial charge is 0.167 e. The molecule has 0 aliphatic heterocycles. The first-order valence-electron chi connectivity index (χ1n) is 6.49. The summed E-state index contributed by atoms with van der Waals surface area (Å²) in [6.07, 6.45) is 0. The van der Waals surface area contributed by atoms with Gasteiger partial charge in [-0.15, -0.1) is 0 Å². The Morgan fingerprint density at radius 2 is 1.90 bits per heavy atom. The van der Waals surface area contributed by atoms with Gasteiger partial charge < -0.3 is 10.6 Å². The van der Waals surface area contributed by atoms with E-state index < -0.39 is 0 Å². The van der Waals surface area contributed by atoms with Crippen molar-refractivity contribution in [2.75, 3.05) is 0 Å². The Kier molecular flexibility index (Phi) is 5.39. The van der Waals surface area contributed by atoms with Gasteiger partial charge in [0.25, 0.3) is 0 Å². The molecule has 2 nitrogen and oxygen atoms in total. The Labute approximate surface area is 130 Å². The molecule has 0 aliphatic carbocycles. The molecule has 0 bridgehead atoms. The molecule has 0 unspecified atom stereocenters. The maximum absolute atomic E-state index is 5.99. The van der Waals surface area contributed by atoms with E-state index >= 15 is 0 Å². The fraction of sp³-hybridized carbons (Fsp3) is 0.188. The third-order valence-corrected chi connectivity index (χ3v) is 3.49. The van der Waals surface area contributed by atoms with Gasteiger partial charge in [-0.3, -0.25) is 0 Å². The maximum atomic E-state index is 5.99. The van der Waals surface area contributed by atoms with Gasteiger partial charge in [0, 0.05) is 11.6 Å². The first-order chi connectivity index (χ1) is 9.65. The molecule has 0 aromatic heterocycles. The van der Waals surface area contributed by atoms with Crippen LogP contribution in [0.4, 0.5) is 0 Å². The van der Waals surface area contributed by atoms with Crippen molar-refractivity contribution < 1.29 is 0 Å². The number of hydrogen-bond acceptors (Lipinski definition) is 1. The summed E-state index contributed by atoms with van der Waals surface area (Å²) < 4.78 is 0. The van der Waals surface area contributed by atoms with Crippen LogP contribution in [0.2, 0.25) is 5.02 Å². The van der Waals surface area contributed by atoms with Crippen LogP contribution >= 0.6 is 23.8 Å². The lowest BCUT2D eigenvalue weighted by Gasteiger charge is -2.17. The molecule has 2 rings (SSSR count). The van der Waals surface area contributed by atoms with E-state index in [1.165, 1.54) is 5.56 Å². The quantitative estimate of drug-likeness (QED) is 0.833. The van der Waals surface area contributed by atoms with Crippen molar-refractivity contribution in [2.24, 2.45) is 0 Å². The van der Waals surface area contributed by atoms with Crippen LogP contribution in [0.15, 0.2) is 54.6 Å². The molecular weight excluding hydrogens is 288 g/mol. The van der Waals surface area contributed by atoms with Gasteiger partial charge in [0.2, 0.25) is 0 Å². The second kappa shape index (κ2) is 7.27. The molecule has 2 aromatic carbocycles. The van der Waals surface area contributed by atoms with Gasteiger partial charge in [-0.1, -0.05) is 54.1 Å². The zero-order valence-electron chi connectivity index (χ0n) is 11.3. The van der Waals surface area contributed by atoms with Crippen molar-refractivity contribution in [2.45, 2.75) is 19.5 Å². The Balaban J connectivity index is 1.85. The van der Waals surface area contributed by atoms with Crippen molar-refractivity contribution >= 4 is 28.9 Å². The second-order valence-corrected chi connectivity index (χ2v) is 5.43. The highest BCUT2D eigenvalue weighted by molar-refractivity contribution is 7.80. The van der Waals surface area contributed by atoms with Crippen LogP contribution in [-0.4, -0.2) is 5.11 Å². The molecular formula is C16H17ClN2S. The van der Waals surface area contributed by atoms with Crippen molar-refractivity contribution in [1.29, 1.82) is 0 Å². The topological polar surface area (TPSA) is 24.1 Å². The van der Waals surface area contributed by atoms with E-state index in [2.05, 4.69) is 29.7 Å². The standard InChI is InChI=1S/C16H17ClN2S/c1-12(14-8-5-9-15(17)10-14)19-16(20)18-11-13-6-3-2-4-7-13/h2-10,12H,11H2,1H3,(H2,18,19,20)/t12-/m0/s1. The van der Waals surface area contributed by atoms with E-state index in [1.54, 1.807) is 0 Å². The normalized spacial score (nSPS) is 11.7. The van der Waals surface area contributed by atoms with Crippen molar-refractivity contribution in [3.63, 3.8) is 0 Å².